The highest BCUT2D eigenvalue weighted by Gasteiger charge is 2.55. The molecule has 1 N–H and O–H groups in total. The molecule has 15 heavy (non-hydrogen) atoms. The maximum Gasteiger partial charge on any atom is 0.150 e. The normalized spacial score (nSPS) is 37.9. The number of aliphatic hydroxyl groups excluding tert-OH is 1. The van der Waals surface area contributed by atoms with Gasteiger partial charge in [0.1, 0.15) is 9.84 Å². The first-order chi connectivity index (χ1) is 6.86. The van der Waals surface area contributed by atoms with Crippen molar-refractivity contribution in [3.63, 3.8) is 0 Å². The summed E-state index contributed by atoms with van der Waals surface area (Å²) < 4.78 is 22.6. The van der Waals surface area contributed by atoms with E-state index in [9.17, 15) is 13.5 Å². The largest absolute Gasteiger partial charge is 0.392 e. The molecule has 1 spiro atoms. The van der Waals surface area contributed by atoms with Gasteiger partial charge in [0, 0.05) is 0 Å². The van der Waals surface area contributed by atoms with Gasteiger partial charge in [-0.25, -0.2) is 8.42 Å². The zero-order valence-electron chi connectivity index (χ0n) is 9.44. The van der Waals surface area contributed by atoms with Crippen molar-refractivity contribution in [3.8, 4) is 0 Å². The van der Waals surface area contributed by atoms with Crippen LogP contribution in [0, 0.1) is 17.3 Å². The average molecular weight is 232 g/mol. The van der Waals surface area contributed by atoms with Gasteiger partial charge in [0.15, 0.2) is 0 Å². The Morgan fingerprint density at radius 2 is 1.80 bits per heavy atom. The van der Waals surface area contributed by atoms with Crippen molar-refractivity contribution in [2.45, 2.75) is 39.2 Å². The molecule has 88 valence electrons. The molecule has 1 heterocycles. The van der Waals surface area contributed by atoms with Crippen LogP contribution in [-0.2, 0) is 9.84 Å². The molecule has 1 saturated carbocycles. The third-order valence-corrected chi connectivity index (χ3v) is 6.01. The minimum absolute atomic E-state index is 0.0553. The molecule has 0 bridgehead atoms. The molecule has 2 unspecified atom stereocenters. The molecule has 2 aliphatic rings. The molecule has 0 aromatic carbocycles. The molecular formula is C11H20O3S. The molecule has 0 aromatic rings. The van der Waals surface area contributed by atoms with Crippen LogP contribution in [0.1, 0.15) is 33.1 Å². The highest BCUT2D eigenvalue weighted by atomic mass is 32.2. The van der Waals surface area contributed by atoms with Crippen LogP contribution in [0.4, 0.5) is 0 Å². The lowest BCUT2D eigenvalue weighted by atomic mass is 9.54. The Bertz CT molecular complexity index is 331. The number of aliphatic hydroxyl groups is 1. The fourth-order valence-electron chi connectivity index (χ4n) is 3.04. The van der Waals surface area contributed by atoms with Crippen LogP contribution in [0.25, 0.3) is 0 Å². The van der Waals surface area contributed by atoms with Crippen molar-refractivity contribution in [1.82, 2.24) is 0 Å². The highest BCUT2D eigenvalue weighted by Crippen LogP contribution is 2.55. The SMILES string of the molecule is CC(C)C1CC2(CCS(=O)(=O)CC2)C1O. The zero-order valence-corrected chi connectivity index (χ0v) is 10.3. The fourth-order valence-corrected chi connectivity index (χ4v) is 4.68. The molecule has 2 atom stereocenters. The minimum Gasteiger partial charge on any atom is -0.392 e. The van der Waals surface area contributed by atoms with E-state index in [0.29, 0.717) is 24.7 Å². The first-order valence-electron chi connectivity index (χ1n) is 5.75. The van der Waals surface area contributed by atoms with E-state index in [1.807, 2.05) is 0 Å². The van der Waals surface area contributed by atoms with Crippen molar-refractivity contribution >= 4 is 9.84 Å². The molecule has 0 aromatic heterocycles. The van der Waals surface area contributed by atoms with E-state index >= 15 is 0 Å². The van der Waals surface area contributed by atoms with Crippen LogP contribution in [0.2, 0.25) is 0 Å². The van der Waals surface area contributed by atoms with E-state index in [1.165, 1.54) is 0 Å². The summed E-state index contributed by atoms with van der Waals surface area (Å²) in [6.07, 6.45) is 2.08. The van der Waals surface area contributed by atoms with Gasteiger partial charge in [0.2, 0.25) is 0 Å². The van der Waals surface area contributed by atoms with Gasteiger partial charge < -0.3 is 5.11 Å². The van der Waals surface area contributed by atoms with Crippen molar-refractivity contribution in [3.05, 3.63) is 0 Å². The number of hydrogen-bond donors (Lipinski definition) is 1. The van der Waals surface area contributed by atoms with Crippen LogP contribution in [0.15, 0.2) is 0 Å². The van der Waals surface area contributed by atoms with Gasteiger partial charge in [-0.3, -0.25) is 0 Å². The lowest BCUT2D eigenvalue weighted by Gasteiger charge is -2.56. The van der Waals surface area contributed by atoms with E-state index in [2.05, 4.69) is 13.8 Å². The third kappa shape index (κ3) is 1.82. The van der Waals surface area contributed by atoms with Crippen molar-refractivity contribution in [1.29, 1.82) is 0 Å². The lowest BCUT2D eigenvalue weighted by molar-refractivity contribution is -0.141. The summed E-state index contributed by atoms with van der Waals surface area (Å²) in [4.78, 5) is 0. The second-order valence-electron chi connectivity index (χ2n) is 5.57. The Morgan fingerprint density at radius 3 is 2.20 bits per heavy atom. The van der Waals surface area contributed by atoms with Crippen LogP contribution in [0.5, 0.6) is 0 Å². The quantitative estimate of drug-likeness (QED) is 0.739. The molecule has 2 rings (SSSR count). The molecule has 1 aliphatic carbocycles. The average Bonchev–Trinajstić information content (AvgIpc) is 2.14. The molecule has 1 aliphatic heterocycles. The Kier molecular flexibility index (Phi) is 2.62. The molecule has 3 nitrogen and oxygen atoms in total. The maximum atomic E-state index is 11.3. The Hall–Kier alpha value is -0.0900. The summed E-state index contributed by atoms with van der Waals surface area (Å²) in [5.41, 5.74) is -0.0553. The first-order valence-corrected chi connectivity index (χ1v) is 7.57. The van der Waals surface area contributed by atoms with Crippen LogP contribution >= 0.6 is 0 Å². The van der Waals surface area contributed by atoms with Crippen molar-refractivity contribution in [2.75, 3.05) is 11.5 Å². The number of hydrogen-bond acceptors (Lipinski definition) is 3. The Labute approximate surface area is 91.8 Å². The van der Waals surface area contributed by atoms with Gasteiger partial charge in [-0.05, 0) is 36.5 Å². The van der Waals surface area contributed by atoms with E-state index in [0.717, 1.165) is 6.42 Å². The summed E-state index contributed by atoms with van der Waals surface area (Å²) in [5, 5.41) is 10.1. The summed E-state index contributed by atoms with van der Waals surface area (Å²) in [5.74, 6) is 1.43. The summed E-state index contributed by atoms with van der Waals surface area (Å²) in [6.45, 7) is 4.25. The number of sulfone groups is 1. The Balaban J connectivity index is 2.02. The van der Waals surface area contributed by atoms with Gasteiger partial charge >= 0.3 is 0 Å². The zero-order chi connectivity index (χ0) is 11.3. The van der Waals surface area contributed by atoms with Gasteiger partial charge in [-0.2, -0.15) is 0 Å². The maximum absolute atomic E-state index is 11.3. The summed E-state index contributed by atoms with van der Waals surface area (Å²) in [6, 6.07) is 0. The molecular weight excluding hydrogens is 212 g/mol. The van der Waals surface area contributed by atoms with E-state index in [1.54, 1.807) is 0 Å². The van der Waals surface area contributed by atoms with E-state index in [4.69, 9.17) is 0 Å². The van der Waals surface area contributed by atoms with Gasteiger partial charge in [-0.1, -0.05) is 13.8 Å². The third-order valence-electron chi connectivity index (χ3n) is 4.35. The Morgan fingerprint density at radius 1 is 1.27 bits per heavy atom. The highest BCUT2D eigenvalue weighted by molar-refractivity contribution is 7.91. The molecule has 0 radical (unpaired) electrons. The topological polar surface area (TPSA) is 54.4 Å². The van der Waals surface area contributed by atoms with Crippen LogP contribution in [0.3, 0.4) is 0 Å². The van der Waals surface area contributed by atoms with Gasteiger partial charge in [0.25, 0.3) is 0 Å². The van der Waals surface area contributed by atoms with E-state index in [-0.39, 0.29) is 23.0 Å². The fraction of sp³-hybridized carbons (Fsp3) is 1.00. The predicted molar refractivity (Wildman–Crippen MR) is 59.3 cm³/mol. The van der Waals surface area contributed by atoms with Crippen molar-refractivity contribution in [2.24, 2.45) is 17.3 Å². The molecule has 2 fully saturated rings. The standard InChI is InChI=1S/C11H20O3S/c1-8(2)9-7-11(10(9)12)3-5-15(13,14)6-4-11/h8-10,12H,3-7H2,1-2H3. The lowest BCUT2D eigenvalue weighted by Crippen LogP contribution is -2.57. The second-order valence-corrected chi connectivity index (χ2v) is 7.87. The number of rotatable bonds is 1. The van der Waals surface area contributed by atoms with Crippen LogP contribution < -0.4 is 0 Å². The smallest absolute Gasteiger partial charge is 0.150 e. The summed E-state index contributed by atoms with van der Waals surface area (Å²) >= 11 is 0. The monoisotopic (exact) mass is 232 g/mol. The summed E-state index contributed by atoms with van der Waals surface area (Å²) in [7, 11) is -2.80. The molecule has 4 heteroatoms. The second kappa shape index (κ2) is 3.45. The van der Waals surface area contributed by atoms with E-state index < -0.39 is 9.84 Å². The predicted octanol–water partition coefficient (Wildman–Crippen LogP) is 1.22. The van der Waals surface area contributed by atoms with Crippen molar-refractivity contribution < 1.29 is 13.5 Å². The molecule has 0 amide bonds. The van der Waals surface area contributed by atoms with Gasteiger partial charge in [-0.15, -0.1) is 0 Å². The molecule has 1 saturated heterocycles. The first kappa shape index (κ1) is 11.4. The minimum atomic E-state index is -2.80. The van der Waals surface area contributed by atoms with Crippen LogP contribution in [-0.4, -0.2) is 31.1 Å². The van der Waals surface area contributed by atoms with Gasteiger partial charge in [0.05, 0.1) is 17.6 Å².